The van der Waals surface area contributed by atoms with Crippen molar-refractivity contribution in [3.8, 4) is 11.5 Å². The maximum atomic E-state index is 11.0. The third kappa shape index (κ3) is 2.78. The molecule has 0 saturated heterocycles. The number of hydrogen-bond donors (Lipinski definition) is 1. The van der Waals surface area contributed by atoms with Crippen LogP contribution in [0.1, 0.15) is 18.4 Å². The van der Waals surface area contributed by atoms with Crippen LogP contribution in [-0.2, 0) is 4.79 Å². The Morgan fingerprint density at radius 2 is 1.95 bits per heavy atom. The summed E-state index contributed by atoms with van der Waals surface area (Å²) >= 11 is 2.24. The van der Waals surface area contributed by atoms with E-state index in [9.17, 15) is 4.79 Å². The molecule has 0 radical (unpaired) electrons. The third-order valence-electron chi connectivity index (χ3n) is 3.37. The molecule has 1 heterocycles. The molecule has 4 nitrogen and oxygen atoms in total. The summed E-state index contributed by atoms with van der Waals surface area (Å²) in [5, 5.41) is 9.07. The van der Waals surface area contributed by atoms with Gasteiger partial charge in [-0.05, 0) is 71.5 Å². The van der Waals surface area contributed by atoms with Crippen LogP contribution in [0, 0.1) is 3.57 Å². The second-order valence-corrected chi connectivity index (χ2v) is 6.06. The second-order valence-electron chi connectivity index (χ2n) is 4.81. The van der Waals surface area contributed by atoms with Gasteiger partial charge >= 0.3 is 5.97 Å². The summed E-state index contributed by atoms with van der Waals surface area (Å²) in [4.78, 5) is 15.5. The molecule has 5 heteroatoms. The fraction of sp³-hybridized carbons (Fsp3) is 0.125. The third-order valence-corrected chi connectivity index (χ3v) is 4.09. The zero-order valence-corrected chi connectivity index (χ0v) is 13.4. The summed E-state index contributed by atoms with van der Waals surface area (Å²) in [6.45, 7) is 1.66. The van der Waals surface area contributed by atoms with Crippen molar-refractivity contribution in [3.05, 3.63) is 51.6 Å². The number of oxazole rings is 1. The number of hydrogen-bond acceptors (Lipinski definition) is 3. The second kappa shape index (κ2) is 5.48. The van der Waals surface area contributed by atoms with Crippen molar-refractivity contribution in [2.75, 3.05) is 0 Å². The van der Waals surface area contributed by atoms with Crippen LogP contribution in [0.5, 0.6) is 0 Å². The molecule has 0 amide bonds. The van der Waals surface area contributed by atoms with Gasteiger partial charge in [0.25, 0.3) is 0 Å². The largest absolute Gasteiger partial charge is 0.481 e. The zero-order valence-electron chi connectivity index (χ0n) is 11.2. The van der Waals surface area contributed by atoms with E-state index in [0.29, 0.717) is 17.0 Å². The minimum atomic E-state index is -0.851. The van der Waals surface area contributed by atoms with Gasteiger partial charge in [0.15, 0.2) is 5.58 Å². The molecule has 1 aromatic heterocycles. The van der Waals surface area contributed by atoms with Gasteiger partial charge in [0, 0.05) is 9.13 Å². The average Bonchev–Trinajstić information content (AvgIpc) is 2.89. The van der Waals surface area contributed by atoms with Gasteiger partial charge in [0.1, 0.15) is 5.52 Å². The SMILES string of the molecule is C[C@@H](C(=O)O)c1ccc2oc(-c3ccc(I)cc3)nc2c1. The molecule has 0 fully saturated rings. The van der Waals surface area contributed by atoms with E-state index in [0.717, 1.165) is 14.7 Å². The summed E-state index contributed by atoms with van der Waals surface area (Å²) in [7, 11) is 0. The topological polar surface area (TPSA) is 63.3 Å². The van der Waals surface area contributed by atoms with Gasteiger partial charge < -0.3 is 9.52 Å². The Labute approximate surface area is 134 Å². The maximum Gasteiger partial charge on any atom is 0.310 e. The highest BCUT2D eigenvalue weighted by Gasteiger charge is 2.16. The number of aliphatic carboxylic acids is 1. The van der Waals surface area contributed by atoms with Crippen molar-refractivity contribution in [2.24, 2.45) is 0 Å². The first-order valence-electron chi connectivity index (χ1n) is 6.44. The minimum Gasteiger partial charge on any atom is -0.481 e. The lowest BCUT2D eigenvalue weighted by Crippen LogP contribution is -2.06. The summed E-state index contributed by atoms with van der Waals surface area (Å²) in [6, 6.07) is 13.2. The lowest BCUT2D eigenvalue weighted by atomic mass is 10.0. The molecule has 0 unspecified atom stereocenters. The van der Waals surface area contributed by atoms with Gasteiger partial charge in [0.05, 0.1) is 5.92 Å². The average molecular weight is 393 g/mol. The fourth-order valence-electron chi connectivity index (χ4n) is 2.07. The standard InChI is InChI=1S/C16H12INO3/c1-9(16(19)20)11-4-7-14-13(8-11)18-15(21-14)10-2-5-12(17)6-3-10/h2-9H,1H3,(H,19,20)/t9-/m1/s1. The Kier molecular flexibility index (Phi) is 3.67. The predicted octanol–water partition coefficient (Wildman–Crippen LogP) is 4.29. The molecule has 2 aromatic carbocycles. The molecule has 106 valence electrons. The molecule has 0 aliphatic heterocycles. The number of carbonyl (C=O) groups is 1. The Balaban J connectivity index is 2.04. The molecular weight excluding hydrogens is 381 g/mol. The molecule has 1 atom stereocenters. The number of fused-ring (bicyclic) bond motifs is 1. The van der Waals surface area contributed by atoms with Crippen LogP contribution in [0.15, 0.2) is 46.9 Å². The van der Waals surface area contributed by atoms with E-state index in [1.165, 1.54) is 0 Å². The first-order chi connectivity index (χ1) is 10.0. The highest BCUT2D eigenvalue weighted by atomic mass is 127. The predicted molar refractivity (Wildman–Crippen MR) is 88.2 cm³/mol. The Morgan fingerprint density at radius 3 is 2.62 bits per heavy atom. The first kappa shape index (κ1) is 14.1. The summed E-state index contributed by atoms with van der Waals surface area (Å²) in [6.07, 6.45) is 0. The van der Waals surface area contributed by atoms with Gasteiger partial charge in [-0.15, -0.1) is 0 Å². The van der Waals surface area contributed by atoms with Crippen molar-refractivity contribution in [1.82, 2.24) is 4.98 Å². The lowest BCUT2D eigenvalue weighted by Gasteiger charge is -2.04. The van der Waals surface area contributed by atoms with Crippen LogP contribution >= 0.6 is 22.6 Å². The van der Waals surface area contributed by atoms with Gasteiger partial charge in [-0.1, -0.05) is 6.07 Å². The summed E-state index contributed by atoms with van der Waals surface area (Å²) < 4.78 is 6.87. The number of carboxylic acid groups (broad SMARTS) is 1. The molecule has 3 rings (SSSR count). The van der Waals surface area contributed by atoms with Gasteiger partial charge in [-0.3, -0.25) is 4.79 Å². The van der Waals surface area contributed by atoms with E-state index < -0.39 is 11.9 Å². The maximum absolute atomic E-state index is 11.0. The van der Waals surface area contributed by atoms with Gasteiger partial charge in [-0.25, -0.2) is 4.98 Å². The summed E-state index contributed by atoms with van der Waals surface area (Å²) in [5.41, 5.74) is 2.95. The number of carboxylic acids is 1. The molecule has 3 aromatic rings. The number of nitrogens with zero attached hydrogens (tertiary/aromatic N) is 1. The number of rotatable bonds is 3. The number of aromatic nitrogens is 1. The van der Waals surface area contributed by atoms with Crippen molar-refractivity contribution in [1.29, 1.82) is 0 Å². The molecular formula is C16H12INO3. The van der Waals surface area contributed by atoms with E-state index in [1.807, 2.05) is 24.3 Å². The quantitative estimate of drug-likeness (QED) is 0.675. The molecule has 0 saturated carbocycles. The van der Waals surface area contributed by atoms with Crippen molar-refractivity contribution < 1.29 is 14.3 Å². The van der Waals surface area contributed by atoms with Crippen LogP contribution in [0.4, 0.5) is 0 Å². The Hall–Kier alpha value is -1.89. The van der Waals surface area contributed by atoms with Crippen molar-refractivity contribution in [3.63, 3.8) is 0 Å². The Morgan fingerprint density at radius 1 is 1.24 bits per heavy atom. The fourth-order valence-corrected chi connectivity index (χ4v) is 2.43. The minimum absolute atomic E-state index is 0.543. The molecule has 0 aliphatic carbocycles. The number of benzene rings is 2. The monoisotopic (exact) mass is 393 g/mol. The van der Waals surface area contributed by atoms with Crippen LogP contribution in [0.2, 0.25) is 0 Å². The number of halogens is 1. The molecule has 0 aliphatic rings. The first-order valence-corrected chi connectivity index (χ1v) is 7.52. The highest BCUT2D eigenvalue weighted by molar-refractivity contribution is 14.1. The highest BCUT2D eigenvalue weighted by Crippen LogP contribution is 2.27. The van der Waals surface area contributed by atoms with Crippen LogP contribution in [0.25, 0.3) is 22.6 Å². The molecule has 0 bridgehead atoms. The molecule has 21 heavy (non-hydrogen) atoms. The zero-order chi connectivity index (χ0) is 15.0. The van der Waals surface area contributed by atoms with E-state index in [-0.39, 0.29) is 0 Å². The normalized spacial score (nSPS) is 12.5. The van der Waals surface area contributed by atoms with Crippen molar-refractivity contribution in [2.45, 2.75) is 12.8 Å². The summed E-state index contributed by atoms with van der Waals surface area (Å²) in [5.74, 6) is -0.870. The van der Waals surface area contributed by atoms with E-state index in [4.69, 9.17) is 9.52 Å². The van der Waals surface area contributed by atoms with Gasteiger partial charge in [0.2, 0.25) is 5.89 Å². The molecule has 0 spiro atoms. The van der Waals surface area contributed by atoms with E-state index in [2.05, 4.69) is 27.6 Å². The lowest BCUT2D eigenvalue weighted by molar-refractivity contribution is -0.138. The Bertz CT molecular complexity index is 808. The van der Waals surface area contributed by atoms with Crippen LogP contribution < -0.4 is 0 Å². The van der Waals surface area contributed by atoms with Crippen LogP contribution in [-0.4, -0.2) is 16.1 Å². The van der Waals surface area contributed by atoms with E-state index >= 15 is 0 Å². The molecule has 1 N–H and O–H groups in total. The van der Waals surface area contributed by atoms with Crippen LogP contribution in [0.3, 0.4) is 0 Å². The van der Waals surface area contributed by atoms with Crippen molar-refractivity contribution >= 4 is 39.7 Å². The van der Waals surface area contributed by atoms with Gasteiger partial charge in [-0.2, -0.15) is 0 Å². The smallest absolute Gasteiger partial charge is 0.310 e. The van der Waals surface area contributed by atoms with E-state index in [1.54, 1.807) is 25.1 Å².